The van der Waals surface area contributed by atoms with Gasteiger partial charge in [0.2, 0.25) is 0 Å². The molecule has 0 aliphatic heterocycles. The van der Waals surface area contributed by atoms with Gasteiger partial charge in [-0.3, -0.25) is 0 Å². The van der Waals surface area contributed by atoms with Crippen molar-refractivity contribution in [1.82, 2.24) is 19.9 Å². The van der Waals surface area contributed by atoms with Crippen LogP contribution >= 0.6 is 11.8 Å². The van der Waals surface area contributed by atoms with Crippen LogP contribution in [0.1, 0.15) is 16.1 Å². The van der Waals surface area contributed by atoms with Crippen LogP contribution in [0.25, 0.3) is 11.0 Å². The molecule has 3 rings (SSSR count). The number of H-pyrrole nitrogens is 1. The molecule has 0 aliphatic carbocycles. The van der Waals surface area contributed by atoms with Crippen molar-refractivity contribution >= 4 is 28.8 Å². The number of nitrogens with one attached hydrogen (secondary N) is 1. The Morgan fingerprint density at radius 1 is 1.29 bits per heavy atom. The van der Waals surface area contributed by atoms with Gasteiger partial charge in [-0.05, 0) is 36.4 Å². The summed E-state index contributed by atoms with van der Waals surface area (Å²) >= 11 is 1.35. The molecule has 1 aromatic carbocycles. The number of methoxy groups -OCH3 is 1. The highest BCUT2D eigenvalue weighted by molar-refractivity contribution is 7.99. The molecule has 0 bridgehead atoms. The number of carbonyl (C=O) groups is 1. The predicted octanol–water partition coefficient (Wildman–Crippen LogP) is 2.60. The van der Waals surface area contributed by atoms with E-state index >= 15 is 0 Å². The van der Waals surface area contributed by atoms with Gasteiger partial charge in [-0.25, -0.2) is 19.7 Å². The average molecular weight is 300 g/mol. The molecule has 0 radical (unpaired) electrons. The summed E-state index contributed by atoms with van der Waals surface area (Å²) in [5.74, 6) is -0.502. The number of hydrogen-bond donors (Lipinski definition) is 1. The van der Waals surface area contributed by atoms with E-state index in [2.05, 4.69) is 24.7 Å². The summed E-state index contributed by atoms with van der Waals surface area (Å²) in [7, 11) is 1.31. The molecule has 0 saturated carbocycles. The van der Waals surface area contributed by atoms with Gasteiger partial charge in [0.05, 0.1) is 30.5 Å². The SMILES string of the molecule is COC(=O)c1cnc(Sc2nc3ccc(C)cc3[nH]2)cn1. The van der Waals surface area contributed by atoms with Gasteiger partial charge in [-0.1, -0.05) is 6.07 Å². The zero-order chi connectivity index (χ0) is 14.8. The Morgan fingerprint density at radius 2 is 2.14 bits per heavy atom. The molecule has 2 heterocycles. The highest BCUT2D eigenvalue weighted by Crippen LogP contribution is 2.25. The number of imidazole rings is 1. The van der Waals surface area contributed by atoms with Crippen LogP contribution in [0.5, 0.6) is 0 Å². The minimum Gasteiger partial charge on any atom is -0.464 e. The largest absolute Gasteiger partial charge is 0.464 e. The predicted molar refractivity (Wildman–Crippen MR) is 78.3 cm³/mol. The lowest BCUT2D eigenvalue weighted by atomic mass is 10.2. The Balaban J connectivity index is 1.83. The highest BCUT2D eigenvalue weighted by atomic mass is 32.2. The molecular weight excluding hydrogens is 288 g/mol. The first-order valence-corrected chi connectivity index (χ1v) is 7.02. The van der Waals surface area contributed by atoms with Gasteiger partial charge in [0.25, 0.3) is 0 Å². The minimum atomic E-state index is -0.502. The van der Waals surface area contributed by atoms with Gasteiger partial charge >= 0.3 is 5.97 Å². The van der Waals surface area contributed by atoms with Crippen LogP contribution in [0.3, 0.4) is 0 Å². The smallest absolute Gasteiger partial charge is 0.358 e. The zero-order valence-corrected chi connectivity index (χ0v) is 12.3. The van der Waals surface area contributed by atoms with E-state index in [1.165, 1.54) is 36.8 Å². The molecule has 0 saturated heterocycles. The summed E-state index contributed by atoms with van der Waals surface area (Å²) in [6.45, 7) is 2.03. The maximum absolute atomic E-state index is 11.3. The quantitative estimate of drug-likeness (QED) is 0.749. The molecule has 7 heteroatoms. The van der Waals surface area contributed by atoms with E-state index in [4.69, 9.17) is 0 Å². The summed E-state index contributed by atoms with van der Waals surface area (Å²) in [6, 6.07) is 6.03. The zero-order valence-electron chi connectivity index (χ0n) is 11.5. The standard InChI is InChI=1S/C14H12N4O2S/c1-8-3-4-9-10(5-8)18-14(17-9)21-12-7-15-11(6-16-12)13(19)20-2/h3-7H,1-2H3,(H,17,18). The first kappa shape index (κ1) is 13.6. The molecule has 106 valence electrons. The second-order valence-electron chi connectivity index (χ2n) is 4.40. The normalized spacial score (nSPS) is 10.8. The lowest BCUT2D eigenvalue weighted by molar-refractivity contribution is 0.0593. The van der Waals surface area contributed by atoms with Crippen LogP contribution in [0.2, 0.25) is 0 Å². The average Bonchev–Trinajstić information content (AvgIpc) is 2.88. The molecule has 1 N–H and O–H groups in total. The van der Waals surface area contributed by atoms with Crippen LogP contribution < -0.4 is 0 Å². The second kappa shape index (κ2) is 5.53. The van der Waals surface area contributed by atoms with Crippen LogP contribution in [0.15, 0.2) is 40.8 Å². The molecule has 21 heavy (non-hydrogen) atoms. The van der Waals surface area contributed by atoms with Gasteiger partial charge in [-0.15, -0.1) is 0 Å². The summed E-state index contributed by atoms with van der Waals surface area (Å²) in [6.07, 6.45) is 2.91. The minimum absolute atomic E-state index is 0.182. The van der Waals surface area contributed by atoms with E-state index in [1.54, 1.807) is 0 Å². The first-order chi connectivity index (χ1) is 10.2. The Hall–Kier alpha value is -2.41. The van der Waals surface area contributed by atoms with Crippen molar-refractivity contribution in [1.29, 1.82) is 0 Å². The number of rotatable bonds is 3. The Morgan fingerprint density at radius 3 is 2.86 bits per heavy atom. The van der Waals surface area contributed by atoms with Crippen molar-refractivity contribution in [3.63, 3.8) is 0 Å². The number of aryl methyl sites for hydroxylation is 1. The van der Waals surface area contributed by atoms with Crippen LogP contribution in [-0.2, 0) is 4.74 Å². The van der Waals surface area contributed by atoms with E-state index in [0.717, 1.165) is 16.2 Å². The number of aromatic nitrogens is 4. The lowest BCUT2D eigenvalue weighted by Gasteiger charge is -1.99. The summed E-state index contributed by atoms with van der Waals surface area (Å²) in [5, 5.41) is 1.38. The molecule has 0 unspecified atom stereocenters. The summed E-state index contributed by atoms with van der Waals surface area (Å²) in [5.41, 5.74) is 3.24. The van der Waals surface area contributed by atoms with Crippen LogP contribution in [0.4, 0.5) is 0 Å². The molecule has 0 spiro atoms. The third kappa shape index (κ3) is 2.87. The van der Waals surface area contributed by atoms with Crippen molar-refractivity contribution in [2.45, 2.75) is 17.1 Å². The highest BCUT2D eigenvalue weighted by Gasteiger charge is 2.10. The number of hydrogen-bond acceptors (Lipinski definition) is 6. The fraction of sp³-hybridized carbons (Fsp3) is 0.143. The molecule has 6 nitrogen and oxygen atoms in total. The van der Waals surface area contributed by atoms with E-state index in [-0.39, 0.29) is 5.69 Å². The monoisotopic (exact) mass is 300 g/mol. The van der Waals surface area contributed by atoms with E-state index in [9.17, 15) is 4.79 Å². The number of esters is 1. The number of nitrogens with zero attached hydrogens (tertiary/aromatic N) is 3. The third-order valence-electron chi connectivity index (χ3n) is 2.84. The Kier molecular flexibility index (Phi) is 3.57. The fourth-order valence-electron chi connectivity index (χ4n) is 1.83. The van der Waals surface area contributed by atoms with Crippen molar-refractivity contribution in [2.75, 3.05) is 7.11 Å². The van der Waals surface area contributed by atoms with Crippen LogP contribution in [0, 0.1) is 6.92 Å². The molecule has 0 amide bonds. The van der Waals surface area contributed by atoms with E-state index in [0.29, 0.717) is 5.03 Å². The molecule has 0 atom stereocenters. The van der Waals surface area contributed by atoms with Gasteiger partial charge in [0.15, 0.2) is 10.9 Å². The molecular formula is C14H12N4O2S. The lowest BCUT2D eigenvalue weighted by Crippen LogP contribution is -2.04. The van der Waals surface area contributed by atoms with Gasteiger partial charge in [0, 0.05) is 0 Å². The number of carbonyl (C=O) groups excluding carboxylic acids is 1. The van der Waals surface area contributed by atoms with Crippen molar-refractivity contribution in [3.05, 3.63) is 41.9 Å². The Labute approximate surface area is 125 Å². The van der Waals surface area contributed by atoms with Crippen molar-refractivity contribution in [2.24, 2.45) is 0 Å². The first-order valence-electron chi connectivity index (χ1n) is 6.20. The molecule has 2 aromatic heterocycles. The van der Waals surface area contributed by atoms with Gasteiger partial charge in [0.1, 0.15) is 5.03 Å². The molecule has 0 fully saturated rings. The summed E-state index contributed by atoms with van der Waals surface area (Å²) < 4.78 is 4.58. The number of fused-ring (bicyclic) bond motifs is 1. The van der Waals surface area contributed by atoms with Gasteiger partial charge in [-0.2, -0.15) is 0 Å². The number of benzene rings is 1. The number of aromatic amines is 1. The maximum atomic E-state index is 11.3. The molecule has 3 aromatic rings. The second-order valence-corrected chi connectivity index (χ2v) is 5.41. The number of ether oxygens (including phenoxy) is 1. The van der Waals surface area contributed by atoms with E-state index < -0.39 is 5.97 Å². The summed E-state index contributed by atoms with van der Waals surface area (Å²) in [4.78, 5) is 27.2. The maximum Gasteiger partial charge on any atom is 0.358 e. The topological polar surface area (TPSA) is 80.8 Å². The van der Waals surface area contributed by atoms with Gasteiger partial charge < -0.3 is 9.72 Å². The van der Waals surface area contributed by atoms with Crippen molar-refractivity contribution < 1.29 is 9.53 Å². The third-order valence-corrected chi connectivity index (χ3v) is 3.65. The van der Waals surface area contributed by atoms with E-state index in [1.807, 2.05) is 25.1 Å². The van der Waals surface area contributed by atoms with Crippen LogP contribution in [-0.4, -0.2) is 33.0 Å². The van der Waals surface area contributed by atoms with Crippen molar-refractivity contribution in [3.8, 4) is 0 Å². The molecule has 0 aliphatic rings. The fourth-order valence-corrected chi connectivity index (χ4v) is 2.54. The Bertz CT molecular complexity index is 798.